The minimum atomic E-state index is 0.122. The molecule has 0 aromatic carbocycles. The third-order valence-electron chi connectivity index (χ3n) is 3.82. The second kappa shape index (κ2) is 7.02. The lowest BCUT2D eigenvalue weighted by molar-refractivity contribution is -0.129. The van der Waals surface area contributed by atoms with Crippen molar-refractivity contribution >= 4 is 5.78 Å². The smallest absolute Gasteiger partial charge is 0.139 e. The maximum Gasteiger partial charge on any atom is 0.139 e. The second-order valence-electron chi connectivity index (χ2n) is 4.97. The molecule has 0 aromatic heterocycles. The van der Waals surface area contributed by atoms with Gasteiger partial charge >= 0.3 is 0 Å². The third kappa shape index (κ3) is 3.56. The molecular formula is C13H25NO2. The first-order valence-electron chi connectivity index (χ1n) is 6.43. The Labute approximate surface area is 98.7 Å². The lowest BCUT2D eigenvalue weighted by Crippen LogP contribution is -2.35. The summed E-state index contributed by atoms with van der Waals surface area (Å²) in [5, 5.41) is 0. The quantitative estimate of drug-likeness (QED) is 0.755. The largest absolute Gasteiger partial charge is 0.385 e. The van der Waals surface area contributed by atoms with Crippen molar-refractivity contribution in [3.05, 3.63) is 0 Å². The Morgan fingerprint density at radius 1 is 1.44 bits per heavy atom. The summed E-state index contributed by atoms with van der Waals surface area (Å²) in [6.07, 6.45) is 5.42. The van der Waals surface area contributed by atoms with E-state index in [1.165, 1.54) is 12.8 Å². The summed E-state index contributed by atoms with van der Waals surface area (Å²) in [7, 11) is 1.68. The molecule has 3 nitrogen and oxygen atoms in total. The topological polar surface area (TPSA) is 52.3 Å². The molecule has 1 saturated carbocycles. The first kappa shape index (κ1) is 13.7. The second-order valence-corrected chi connectivity index (χ2v) is 4.97. The fourth-order valence-corrected chi connectivity index (χ4v) is 2.67. The van der Waals surface area contributed by atoms with E-state index in [-0.39, 0.29) is 11.8 Å². The number of Topliss-reactive ketones (excluding diaryl/α,β-unsaturated/α-hetero) is 1. The van der Waals surface area contributed by atoms with Crippen molar-refractivity contribution in [1.29, 1.82) is 0 Å². The summed E-state index contributed by atoms with van der Waals surface area (Å²) in [4.78, 5) is 12.3. The average molecular weight is 227 g/mol. The Hall–Kier alpha value is -0.410. The van der Waals surface area contributed by atoms with E-state index >= 15 is 0 Å². The Bertz CT molecular complexity index is 218. The Morgan fingerprint density at radius 3 is 2.75 bits per heavy atom. The standard InChI is InChI=1S/C13H25NO2/c1-10(7-8-16-2)13(15)12-6-4-3-5-11(12)9-14/h10-12H,3-9,14H2,1-2H3. The number of carbonyl (C=O) groups excluding carboxylic acids is 1. The fourth-order valence-electron chi connectivity index (χ4n) is 2.67. The van der Waals surface area contributed by atoms with E-state index < -0.39 is 0 Å². The van der Waals surface area contributed by atoms with E-state index in [4.69, 9.17) is 10.5 Å². The van der Waals surface area contributed by atoms with Gasteiger partial charge in [-0.05, 0) is 31.7 Å². The minimum absolute atomic E-state index is 0.122. The van der Waals surface area contributed by atoms with E-state index in [2.05, 4.69) is 0 Å². The van der Waals surface area contributed by atoms with Crippen molar-refractivity contribution in [2.24, 2.45) is 23.5 Å². The molecule has 0 heterocycles. The normalized spacial score (nSPS) is 27.7. The number of carbonyl (C=O) groups is 1. The highest BCUT2D eigenvalue weighted by molar-refractivity contribution is 5.83. The molecule has 0 bridgehead atoms. The van der Waals surface area contributed by atoms with Gasteiger partial charge < -0.3 is 10.5 Å². The van der Waals surface area contributed by atoms with Gasteiger partial charge in [-0.1, -0.05) is 19.8 Å². The number of ketones is 1. The Balaban J connectivity index is 2.49. The molecule has 0 spiro atoms. The van der Waals surface area contributed by atoms with Crippen LogP contribution in [0.3, 0.4) is 0 Å². The molecule has 3 atom stereocenters. The van der Waals surface area contributed by atoms with Crippen LogP contribution in [-0.2, 0) is 9.53 Å². The highest BCUT2D eigenvalue weighted by atomic mass is 16.5. The molecule has 0 aliphatic heterocycles. The van der Waals surface area contributed by atoms with E-state index in [0.717, 1.165) is 19.3 Å². The van der Waals surface area contributed by atoms with Crippen LogP contribution in [0.25, 0.3) is 0 Å². The van der Waals surface area contributed by atoms with Gasteiger partial charge in [-0.25, -0.2) is 0 Å². The molecule has 1 aliphatic carbocycles. The van der Waals surface area contributed by atoms with Gasteiger partial charge in [0.1, 0.15) is 5.78 Å². The molecule has 94 valence electrons. The average Bonchev–Trinajstić information content (AvgIpc) is 2.34. The molecule has 0 radical (unpaired) electrons. The van der Waals surface area contributed by atoms with Crippen LogP contribution < -0.4 is 5.73 Å². The van der Waals surface area contributed by atoms with Crippen molar-refractivity contribution in [1.82, 2.24) is 0 Å². The molecule has 1 fully saturated rings. The zero-order valence-corrected chi connectivity index (χ0v) is 10.6. The van der Waals surface area contributed by atoms with Gasteiger partial charge in [-0.2, -0.15) is 0 Å². The number of hydrogen-bond donors (Lipinski definition) is 1. The Kier molecular flexibility index (Phi) is 5.99. The highest BCUT2D eigenvalue weighted by Gasteiger charge is 2.31. The molecule has 0 aromatic rings. The van der Waals surface area contributed by atoms with Crippen molar-refractivity contribution in [2.45, 2.75) is 39.0 Å². The van der Waals surface area contributed by atoms with Crippen LogP contribution >= 0.6 is 0 Å². The van der Waals surface area contributed by atoms with Crippen LogP contribution in [0.5, 0.6) is 0 Å². The van der Waals surface area contributed by atoms with Gasteiger partial charge in [-0.15, -0.1) is 0 Å². The van der Waals surface area contributed by atoms with Crippen LogP contribution in [0.2, 0.25) is 0 Å². The van der Waals surface area contributed by atoms with Crippen molar-refractivity contribution in [2.75, 3.05) is 20.3 Å². The predicted molar refractivity (Wildman–Crippen MR) is 65.2 cm³/mol. The first-order valence-corrected chi connectivity index (χ1v) is 6.43. The van der Waals surface area contributed by atoms with Gasteiger partial charge in [0.25, 0.3) is 0 Å². The lowest BCUT2D eigenvalue weighted by atomic mass is 9.74. The Morgan fingerprint density at radius 2 is 2.12 bits per heavy atom. The molecule has 16 heavy (non-hydrogen) atoms. The van der Waals surface area contributed by atoms with E-state index in [0.29, 0.717) is 24.9 Å². The number of hydrogen-bond acceptors (Lipinski definition) is 3. The van der Waals surface area contributed by atoms with Crippen LogP contribution in [0, 0.1) is 17.8 Å². The molecular weight excluding hydrogens is 202 g/mol. The van der Waals surface area contributed by atoms with Crippen molar-refractivity contribution in [3.8, 4) is 0 Å². The molecule has 2 N–H and O–H groups in total. The summed E-state index contributed by atoms with van der Waals surface area (Å²) < 4.78 is 5.03. The molecule has 0 saturated heterocycles. The van der Waals surface area contributed by atoms with Crippen LogP contribution in [0.15, 0.2) is 0 Å². The summed E-state index contributed by atoms with van der Waals surface area (Å²) in [5.41, 5.74) is 5.75. The fraction of sp³-hybridized carbons (Fsp3) is 0.923. The van der Waals surface area contributed by atoms with E-state index in [9.17, 15) is 4.79 Å². The summed E-state index contributed by atoms with van der Waals surface area (Å²) in [6, 6.07) is 0. The molecule has 3 unspecified atom stereocenters. The van der Waals surface area contributed by atoms with E-state index in [1.807, 2.05) is 6.92 Å². The molecule has 1 rings (SSSR count). The number of ether oxygens (including phenoxy) is 1. The molecule has 0 amide bonds. The molecule has 3 heteroatoms. The molecule has 1 aliphatic rings. The van der Waals surface area contributed by atoms with Gasteiger partial charge in [0.15, 0.2) is 0 Å². The van der Waals surface area contributed by atoms with Gasteiger partial charge in [0.2, 0.25) is 0 Å². The van der Waals surface area contributed by atoms with Gasteiger partial charge in [0.05, 0.1) is 0 Å². The SMILES string of the molecule is COCCC(C)C(=O)C1CCCCC1CN. The number of methoxy groups -OCH3 is 1. The van der Waals surface area contributed by atoms with Gasteiger partial charge in [0, 0.05) is 25.6 Å². The predicted octanol–water partition coefficient (Wildman–Crippen LogP) is 1.99. The van der Waals surface area contributed by atoms with E-state index in [1.54, 1.807) is 7.11 Å². The number of nitrogens with two attached hydrogens (primary N) is 1. The van der Waals surface area contributed by atoms with Crippen LogP contribution in [-0.4, -0.2) is 26.0 Å². The van der Waals surface area contributed by atoms with Gasteiger partial charge in [-0.3, -0.25) is 4.79 Å². The first-order chi connectivity index (χ1) is 7.70. The monoisotopic (exact) mass is 227 g/mol. The lowest BCUT2D eigenvalue weighted by Gasteiger charge is -2.31. The van der Waals surface area contributed by atoms with Crippen LogP contribution in [0.1, 0.15) is 39.0 Å². The summed E-state index contributed by atoms with van der Waals surface area (Å²) in [6.45, 7) is 3.35. The zero-order valence-electron chi connectivity index (χ0n) is 10.6. The summed E-state index contributed by atoms with van der Waals surface area (Å²) in [5.74, 6) is 1.17. The maximum atomic E-state index is 12.3. The third-order valence-corrected chi connectivity index (χ3v) is 3.82. The number of rotatable bonds is 6. The maximum absolute atomic E-state index is 12.3. The van der Waals surface area contributed by atoms with Crippen molar-refractivity contribution in [3.63, 3.8) is 0 Å². The minimum Gasteiger partial charge on any atom is -0.385 e. The zero-order chi connectivity index (χ0) is 12.0. The highest BCUT2D eigenvalue weighted by Crippen LogP contribution is 2.32. The summed E-state index contributed by atoms with van der Waals surface area (Å²) >= 11 is 0. The van der Waals surface area contributed by atoms with Crippen LogP contribution in [0.4, 0.5) is 0 Å². The van der Waals surface area contributed by atoms with Crippen molar-refractivity contribution < 1.29 is 9.53 Å².